The molecule has 5 nitrogen and oxygen atoms in total. The largest absolute Gasteiger partial charge is 0.478 e. The van der Waals surface area contributed by atoms with Gasteiger partial charge in [-0.2, -0.15) is 0 Å². The fourth-order valence-corrected chi connectivity index (χ4v) is 1.95. The van der Waals surface area contributed by atoms with E-state index in [1.54, 1.807) is 36.4 Å². The van der Waals surface area contributed by atoms with Crippen LogP contribution in [0.4, 0.5) is 0 Å². The van der Waals surface area contributed by atoms with Gasteiger partial charge in [-0.05, 0) is 24.3 Å². The molecule has 1 aromatic heterocycles. The molecular formula is C15H9NO4. The number of fused-ring (bicyclic) bond motifs is 1. The first-order chi connectivity index (χ1) is 9.66. The summed E-state index contributed by atoms with van der Waals surface area (Å²) in [5.41, 5.74) is 1.04. The highest BCUT2D eigenvalue weighted by atomic mass is 16.4. The van der Waals surface area contributed by atoms with Crippen molar-refractivity contribution in [1.29, 1.82) is 0 Å². The zero-order valence-electron chi connectivity index (χ0n) is 10.2. The van der Waals surface area contributed by atoms with Gasteiger partial charge in [0.2, 0.25) is 5.78 Å². The Hall–Kier alpha value is -2.95. The average molecular weight is 267 g/mol. The Kier molecular flexibility index (Phi) is 2.80. The number of benzene rings is 2. The Bertz CT molecular complexity index is 786. The van der Waals surface area contributed by atoms with Gasteiger partial charge < -0.3 is 9.52 Å². The van der Waals surface area contributed by atoms with Crippen molar-refractivity contribution in [3.05, 3.63) is 65.5 Å². The summed E-state index contributed by atoms with van der Waals surface area (Å²) in [4.78, 5) is 27.5. The van der Waals surface area contributed by atoms with E-state index in [4.69, 9.17) is 9.52 Å². The van der Waals surface area contributed by atoms with Gasteiger partial charge >= 0.3 is 5.97 Å². The van der Waals surface area contributed by atoms with Crippen molar-refractivity contribution in [2.45, 2.75) is 0 Å². The molecule has 0 radical (unpaired) electrons. The smallest absolute Gasteiger partial charge is 0.336 e. The number of carbonyl (C=O) groups is 2. The summed E-state index contributed by atoms with van der Waals surface area (Å²) in [6.45, 7) is 0. The van der Waals surface area contributed by atoms with E-state index in [2.05, 4.69) is 4.98 Å². The number of hydrogen-bond acceptors (Lipinski definition) is 4. The van der Waals surface area contributed by atoms with Crippen molar-refractivity contribution in [3.63, 3.8) is 0 Å². The molecule has 0 fully saturated rings. The molecule has 0 saturated carbocycles. The van der Waals surface area contributed by atoms with Crippen LogP contribution in [0.3, 0.4) is 0 Å². The van der Waals surface area contributed by atoms with Gasteiger partial charge in [0, 0.05) is 5.56 Å². The number of ketones is 1. The van der Waals surface area contributed by atoms with Crippen molar-refractivity contribution in [3.8, 4) is 0 Å². The lowest BCUT2D eigenvalue weighted by molar-refractivity contribution is 0.0692. The zero-order chi connectivity index (χ0) is 14.1. The minimum absolute atomic E-state index is 0.0616. The summed E-state index contributed by atoms with van der Waals surface area (Å²) in [6.07, 6.45) is 0. The molecule has 1 heterocycles. The van der Waals surface area contributed by atoms with Crippen LogP contribution in [-0.2, 0) is 0 Å². The minimum Gasteiger partial charge on any atom is -0.478 e. The van der Waals surface area contributed by atoms with E-state index in [1.807, 2.05) is 0 Å². The van der Waals surface area contributed by atoms with Crippen LogP contribution in [-0.4, -0.2) is 21.8 Å². The molecule has 0 aliphatic rings. The van der Waals surface area contributed by atoms with Crippen LogP contribution in [0.5, 0.6) is 0 Å². The number of aromatic nitrogens is 1. The standard InChI is InChI=1S/C15H9NO4/c17-13(9-5-1-2-6-10(9)15(18)19)14-16-11-7-3-4-8-12(11)20-14/h1-8H,(H,18,19). The van der Waals surface area contributed by atoms with Crippen LogP contribution in [0.1, 0.15) is 26.6 Å². The molecule has 2 aromatic carbocycles. The Morgan fingerprint density at radius 3 is 2.30 bits per heavy atom. The molecule has 0 saturated heterocycles. The van der Waals surface area contributed by atoms with Gasteiger partial charge in [-0.25, -0.2) is 9.78 Å². The third-order valence-electron chi connectivity index (χ3n) is 2.89. The maximum Gasteiger partial charge on any atom is 0.336 e. The minimum atomic E-state index is -1.16. The predicted octanol–water partition coefficient (Wildman–Crippen LogP) is 2.76. The average Bonchev–Trinajstić information content (AvgIpc) is 2.90. The molecule has 1 N–H and O–H groups in total. The zero-order valence-corrected chi connectivity index (χ0v) is 10.2. The molecule has 0 spiro atoms. The molecule has 5 heteroatoms. The topological polar surface area (TPSA) is 80.4 Å². The number of carboxylic acids is 1. The summed E-state index contributed by atoms with van der Waals surface area (Å²) in [6, 6.07) is 13.0. The lowest BCUT2D eigenvalue weighted by Gasteiger charge is -2.01. The molecule has 20 heavy (non-hydrogen) atoms. The van der Waals surface area contributed by atoms with Crippen LogP contribution >= 0.6 is 0 Å². The van der Waals surface area contributed by atoms with E-state index in [9.17, 15) is 9.59 Å². The quantitative estimate of drug-likeness (QED) is 0.738. The molecule has 0 amide bonds. The van der Waals surface area contributed by atoms with E-state index < -0.39 is 11.8 Å². The van der Waals surface area contributed by atoms with E-state index in [-0.39, 0.29) is 17.0 Å². The fourth-order valence-electron chi connectivity index (χ4n) is 1.95. The number of carbonyl (C=O) groups excluding carboxylic acids is 1. The summed E-state index contributed by atoms with van der Waals surface area (Å²) < 4.78 is 5.37. The third-order valence-corrected chi connectivity index (χ3v) is 2.89. The van der Waals surface area contributed by atoms with Gasteiger partial charge in [-0.3, -0.25) is 4.79 Å². The lowest BCUT2D eigenvalue weighted by Crippen LogP contribution is -2.09. The van der Waals surface area contributed by atoms with E-state index in [0.717, 1.165) is 0 Å². The maximum atomic E-state index is 12.3. The Morgan fingerprint density at radius 2 is 1.60 bits per heavy atom. The summed E-state index contributed by atoms with van der Waals surface area (Å²) in [5, 5.41) is 9.10. The highest BCUT2D eigenvalue weighted by Crippen LogP contribution is 2.19. The van der Waals surface area contributed by atoms with E-state index in [0.29, 0.717) is 11.1 Å². The summed E-state index contributed by atoms with van der Waals surface area (Å²) in [7, 11) is 0. The molecule has 0 unspecified atom stereocenters. The van der Waals surface area contributed by atoms with E-state index in [1.165, 1.54) is 12.1 Å². The van der Waals surface area contributed by atoms with Crippen molar-refractivity contribution >= 4 is 22.9 Å². The second-order valence-corrected chi connectivity index (χ2v) is 4.17. The second kappa shape index (κ2) is 4.62. The second-order valence-electron chi connectivity index (χ2n) is 4.17. The number of carboxylic acid groups (broad SMARTS) is 1. The lowest BCUT2D eigenvalue weighted by atomic mass is 10.0. The van der Waals surface area contributed by atoms with Gasteiger partial charge in [0.25, 0.3) is 5.89 Å². The molecule has 0 aliphatic heterocycles. The number of oxazole rings is 1. The van der Waals surface area contributed by atoms with Crippen LogP contribution in [0.2, 0.25) is 0 Å². The summed E-state index contributed by atoms with van der Waals surface area (Å²) in [5.74, 6) is -1.82. The monoisotopic (exact) mass is 267 g/mol. The Morgan fingerprint density at radius 1 is 0.950 bits per heavy atom. The highest BCUT2D eigenvalue weighted by Gasteiger charge is 2.21. The van der Waals surface area contributed by atoms with Gasteiger partial charge in [-0.1, -0.05) is 24.3 Å². The van der Waals surface area contributed by atoms with Gasteiger partial charge in [0.15, 0.2) is 5.58 Å². The van der Waals surface area contributed by atoms with Gasteiger partial charge in [0.05, 0.1) is 5.56 Å². The molecule has 3 rings (SSSR count). The molecular weight excluding hydrogens is 258 g/mol. The summed E-state index contributed by atoms with van der Waals surface area (Å²) >= 11 is 0. The normalized spacial score (nSPS) is 10.6. The molecule has 3 aromatic rings. The van der Waals surface area contributed by atoms with Crippen LogP contribution in [0.15, 0.2) is 52.9 Å². The van der Waals surface area contributed by atoms with Crippen LogP contribution in [0, 0.1) is 0 Å². The number of nitrogens with zero attached hydrogens (tertiary/aromatic N) is 1. The SMILES string of the molecule is O=C(O)c1ccccc1C(=O)c1nc2ccccc2o1. The maximum absolute atomic E-state index is 12.3. The van der Waals surface area contributed by atoms with Gasteiger partial charge in [-0.15, -0.1) is 0 Å². The van der Waals surface area contributed by atoms with Gasteiger partial charge in [0.1, 0.15) is 5.52 Å². The molecule has 0 bridgehead atoms. The molecule has 98 valence electrons. The first-order valence-electron chi connectivity index (χ1n) is 5.89. The third kappa shape index (κ3) is 1.95. The van der Waals surface area contributed by atoms with E-state index >= 15 is 0 Å². The predicted molar refractivity (Wildman–Crippen MR) is 70.8 cm³/mol. The van der Waals surface area contributed by atoms with Crippen molar-refractivity contribution < 1.29 is 19.1 Å². The molecule has 0 atom stereocenters. The number of hydrogen-bond donors (Lipinski definition) is 1. The number of aromatic carboxylic acids is 1. The van der Waals surface area contributed by atoms with Crippen molar-refractivity contribution in [2.24, 2.45) is 0 Å². The Labute approximate surface area is 113 Å². The van der Waals surface area contributed by atoms with Crippen molar-refractivity contribution in [1.82, 2.24) is 4.98 Å². The van der Waals surface area contributed by atoms with Crippen LogP contribution in [0.25, 0.3) is 11.1 Å². The highest BCUT2D eigenvalue weighted by molar-refractivity contribution is 6.12. The molecule has 0 aliphatic carbocycles. The van der Waals surface area contributed by atoms with Crippen LogP contribution < -0.4 is 0 Å². The Balaban J connectivity index is 2.11. The first-order valence-corrected chi connectivity index (χ1v) is 5.89. The van der Waals surface area contributed by atoms with Crippen molar-refractivity contribution in [2.75, 3.05) is 0 Å². The fraction of sp³-hybridized carbons (Fsp3) is 0. The number of rotatable bonds is 3. The number of para-hydroxylation sites is 2. The first kappa shape index (κ1) is 12.1.